The zero-order valence-corrected chi connectivity index (χ0v) is 10.8. The van der Waals surface area contributed by atoms with Gasteiger partial charge in [0, 0.05) is 6.07 Å². The van der Waals surface area contributed by atoms with Crippen LogP contribution >= 0.6 is 0 Å². The average Bonchev–Trinajstić information content (AvgIpc) is 2.46. The van der Waals surface area contributed by atoms with Crippen molar-refractivity contribution in [2.75, 3.05) is 0 Å². The number of hydrogen-bond acceptors (Lipinski definition) is 5. The number of hydrazine groups is 1. The molecular weight excluding hydrogens is 260 g/mol. The molecule has 0 unspecified atom stereocenters. The summed E-state index contributed by atoms with van der Waals surface area (Å²) in [6.45, 7) is 1.94. The maximum Gasteiger partial charge on any atom is 0.289 e. The third kappa shape index (κ3) is 2.39. The smallest absolute Gasteiger partial charge is 0.289 e. The number of amides is 1. The Bertz CT molecular complexity index is 709. The van der Waals surface area contributed by atoms with E-state index in [1.165, 1.54) is 0 Å². The molecule has 0 saturated heterocycles. The number of aryl methyl sites for hydroxylation is 1. The fraction of sp³-hybridized carbons (Fsp3) is 0.154. The van der Waals surface area contributed by atoms with Gasteiger partial charge in [-0.25, -0.2) is 5.84 Å². The molecule has 0 fully saturated rings. The van der Waals surface area contributed by atoms with E-state index in [1.54, 1.807) is 12.1 Å². The van der Waals surface area contributed by atoms with Gasteiger partial charge in [-0.2, -0.15) is 9.78 Å². The highest BCUT2D eigenvalue weighted by Crippen LogP contribution is 2.15. The number of nitrogens with one attached hydrogen (secondary N) is 1. The van der Waals surface area contributed by atoms with Crippen LogP contribution in [0, 0.1) is 0 Å². The highest BCUT2D eigenvalue weighted by molar-refractivity contribution is 5.94. The second-order valence-electron chi connectivity index (χ2n) is 4.08. The molecular formula is C13H14N4O3. The van der Waals surface area contributed by atoms with Gasteiger partial charge in [0.15, 0.2) is 11.4 Å². The third-order valence-corrected chi connectivity index (χ3v) is 2.86. The van der Waals surface area contributed by atoms with Gasteiger partial charge >= 0.3 is 0 Å². The van der Waals surface area contributed by atoms with Crippen LogP contribution in [0.25, 0.3) is 5.69 Å². The van der Waals surface area contributed by atoms with Gasteiger partial charge in [0.05, 0.1) is 5.69 Å². The van der Waals surface area contributed by atoms with Crippen molar-refractivity contribution in [2.45, 2.75) is 13.3 Å². The summed E-state index contributed by atoms with van der Waals surface area (Å²) >= 11 is 0. The summed E-state index contributed by atoms with van der Waals surface area (Å²) in [5, 5.41) is 13.5. The van der Waals surface area contributed by atoms with Crippen molar-refractivity contribution in [3.8, 4) is 11.4 Å². The van der Waals surface area contributed by atoms with Gasteiger partial charge in [0.25, 0.3) is 11.5 Å². The average molecular weight is 274 g/mol. The van der Waals surface area contributed by atoms with Crippen molar-refractivity contribution < 1.29 is 9.90 Å². The van der Waals surface area contributed by atoms with Crippen LogP contribution < -0.4 is 16.8 Å². The van der Waals surface area contributed by atoms with Gasteiger partial charge in [-0.15, -0.1) is 0 Å². The summed E-state index contributed by atoms with van der Waals surface area (Å²) in [7, 11) is 0. The molecule has 0 spiro atoms. The SMILES string of the molecule is CCc1ccccc1-n1nc(C(=O)NN)c(O)cc1=O. The molecule has 20 heavy (non-hydrogen) atoms. The van der Waals surface area contributed by atoms with Crippen LogP contribution in [0.3, 0.4) is 0 Å². The lowest BCUT2D eigenvalue weighted by molar-refractivity contribution is 0.0943. The van der Waals surface area contributed by atoms with Crippen LogP contribution in [0.2, 0.25) is 0 Å². The quantitative estimate of drug-likeness (QED) is 0.418. The number of nitrogens with zero attached hydrogens (tertiary/aromatic N) is 2. The molecule has 104 valence electrons. The van der Waals surface area contributed by atoms with E-state index in [4.69, 9.17) is 5.84 Å². The summed E-state index contributed by atoms with van der Waals surface area (Å²) in [6, 6.07) is 8.12. The second kappa shape index (κ2) is 5.54. The first-order valence-electron chi connectivity index (χ1n) is 6.01. The normalized spacial score (nSPS) is 10.3. The maximum atomic E-state index is 11.9. The molecule has 2 rings (SSSR count). The van der Waals surface area contributed by atoms with Crippen LogP contribution in [0.1, 0.15) is 23.0 Å². The molecule has 7 nitrogen and oxygen atoms in total. The highest BCUT2D eigenvalue weighted by atomic mass is 16.3. The Morgan fingerprint density at radius 2 is 2.15 bits per heavy atom. The minimum atomic E-state index is -0.773. The zero-order valence-electron chi connectivity index (χ0n) is 10.8. The van der Waals surface area contributed by atoms with Crippen LogP contribution in [-0.4, -0.2) is 20.8 Å². The number of nitrogens with two attached hydrogens (primary N) is 1. The van der Waals surface area contributed by atoms with Crippen molar-refractivity contribution in [1.82, 2.24) is 15.2 Å². The Morgan fingerprint density at radius 3 is 2.80 bits per heavy atom. The standard InChI is InChI=1S/C13H14N4O3/c1-2-8-5-3-4-6-9(8)17-11(19)7-10(18)12(16-17)13(20)15-14/h3-7,18H,2,14H2,1H3,(H,15,20). The Hall–Kier alpha value is -2.67. The van der Waals surface area contributed by atoms with Crippen molar-refractivity contribution in [3.05, 3.63) is 51.9 Å². The topological polar surface area (TPSA) is 110 Å². The molecule has 0 aliphatic heterocycles. The van der Waals surface area contributed by atoms with Crippen molar-refractivity contribution in [1.29, 1.82) is 0 Å². The van der Waals surface area contributed by atoms with E-state index in [2.05, 4.69) is 5.10 Å². The fourth-order valence-electron chi connectivity index (χ4n) is 1.87. The minimum absolute atomic E-state index is 0.307. The number of carbonyl (C=O) groups excluding carboxylic acids is 1. The molecule has 0 atom stereocenters. The van der Waals surface area contributed by atoms with E-state index >= 15 is 0 Å². The van der Waals surface area contributed by atoms with Crippen molar-refractivity contribution in [3.63, 3.8) is 0 Å². The van der Waals surface area contributed by atoms with E-state index in [-0.39, 0.29) is 5.69 Å². The Morgan fingerprint density at radius 1 is 1.45 bits per heavy atom. The number of nitrogen functional groups attached to an aromatic ring is 1. The van der Waals surface area contributed by atoms with E-state index in [0.29, 0.717) is 12.1 Å². The summed E-state index contributed by atoms with van der Waals surface area (Å²) in [6.07, 6.45) is 0.698. The number of rotatable bonds is 3. The van der Waals surface area contributed by atoms with Gasteiger partial charge < -0.3 is 5.11 Å². The lowest BCUT2D eigenvalue weighted by Gasteiger charge is -2.11. The summed E-state index contributed by atoms with van der Waals surface area (Å²) in [5.74, 6) is 3.73. The molecule has 1 aromatic heterocycles. The van der Waals surface area contributed by atoms with Gasteiger partial charge in [0.2, 0.25) is 0 Å². The summed E-state index contributed by atoms with van der Waals surface area (Å²) in [5.41, 5.74) is 2.49. The first-order chi connectivity index (χ1) is 9.58. The molecule has 1 aromatic carbocycles. The molecule has 2 aromatic rings. The third-order valence-electron chi connectivity index (χ3n) is 2.86. The van der Waals surface area contributed by atoms with E-state index in [1.807, 2.05) is 24.5 Å². The van der Waals surface area contributed by atoms with E-state index in [0.717, 1.165) is 16.3 Å². The monoisotopic (exact) mass is 274 g/mol. The highest BCUT2D eigenvalue weighted by Gasteiger charge is 2.16. The molecule has 1 amide bonds. The van der Waals surface area contributed by atoms with Crippen LogP contribution in [0.5, 0.6) is 5.75 Å². The second-order valence-corrected chi connectivity index (χ2v) is 4.08. The van der Waals surface area contributed by atoms with E-state index in [9.17, 15) is 14.7 Å². The van der Waals surface area contributed by atoms with Gasteiger partial charge in [0.1, 0.15) is 0 Å². The maximum absolute atomic E-state index is 11.9. The Balaban J connectivity index is 2.68. The van der Waals surface area contributed by atoms with E-state index < -0.39 is 17.2 Å². The summed E-state index contributed by atoms with van der Waals surface area (Å²) < 4.78 is 1.07. The number of carbonyl (C=O) groups is 1. The first kappa shape index (κ1) is 13.8. The zero-order chi connectivity index (χ0) is 14.7. The minimum Gasteiger partial charge on any atom is -0.505 e. The number of aromatic hydroxyl groups is 1. The largest absolute Gasteiger partial charge is 0.505 e. The molecule has 0 aliphatic carbocycles. The molecule has 1 heterocycles. The van der Waals surface area contributed by atoms with Gasteiger partial charge in [-0.1, -0.05) is 25.1 Å². The molecule has 0 bridgehead atoms. The number of benzene rings is 1. The van der Waals surface area contributed by atoms with Crippen molar-refractivity contribution in [2.24, 2.45) is 5.84 Å². The van der Waals surface area contributed by atoms with Crippen LogP contribution in [0.4, 0.5) is 0 Å². The van der Waals surface area contributed by atoms with Crippen LogP contribution in [-0.2, 0) is 6.42 Å². The fourth-order valence-corrected chi connectivity index (χ4v) is 1.87. The molecule has 0 radical (unpaired) electrons. The first-order valence-corrected chi connectivity index (χ1v) is 6.01. The van der Waals surface area contributed by atoms with Gasteiger partial charge in [-0.3, -0.25) is 15.0 Å². The lowest BCUT2D eigenvalue weighted by Crippen LogP contribution is -2.33. The number of hydrogen-bond donors (Lipinski definition) is 3. The predicted molar refractivity (Wildman–Crippen MR) is 72.5 cm³/mol. The number of para-hydroxylation sites is 1. The Labute approximate surface area is 114 Å². The summed E-state index contributed by atoms with van der Waals surface area (Å²) in [4.78, 5) is 23.5. The predicted octanol–water partition coefficient (Wildman–Crippen LogP) is 0.104. The molecule has 4 N–H and O–H groups in total. The van der Waals surface area contributed by atoms with Crippen molar-refractivity contribution >= 4 is 5.91 Å². The molecule has 7 heteroatoms. The lowest BCUT2D eigenvalue weighted by atomic mass is 10.1. The van der Waals surface area contributed by atoms with Crippen LogP contribution in [0.15, 0.2) is 35.1 Å². The molecule has 0 aliphatic rings. The Kier molecular flexibility index (Phi) is 3.81. The van der Waals surface area contributed by atoms with Gasteiger partial charge in [-0.05, 0) is 18.1 Å². The molecule has 0 saturated carbocycles. The number of aromatic nitrogens is 2.